The number of pyridine rings is 1. The molecule has 1 saturated carbocycles. The van der Waals surface area contributed by atoms with E-state index in [4.69, 9.17) is 4.74 Å². The first kappa shape index (κ1) is 24.4. The highest BCUT2D eigenvalue weighted by Crippen LogP contribution is 2.41. The molecule has 1 N–H and O–H groups in total. The van der Waals surface area contributed by atoms with Gasteiger partial charge in [-0.2, -0.15) is 0 Å². The molecule has 1 aliphatic rings. The number of ketones is 1. The van der Waals surface area contributed by atoms with Gasteiger partial charge in [-0.25, -0.2) is 9.78 Å². The lowest BCUT2D eigenvalue weighted by Gasteiger charge is -2.10. The molecule has 4 aromatic rings. The van der Waals surface area contributed by atoms with Crippen LogP contribution in [0.3, 0.4) is 0 Å². The van der Waals surface area contributed by atoms with Crippen LogP contribution in [0.1, 0.15) is 57.4 Å². The van der Waals surface area contributed by atoms with Gasteiger partial charge >= 0.3 is 6.09 Å². The summed E-state index contributed by atoms with van der Waals surface area (Å²) in [5.41, 5.74) is 3.93. The molecule has 2 aromatic heterocycles. The van der Waals surface area contributed by atoms with Gasteiger partial charge in [0.1, 0.15) is 12.3 Å². The van der Waals surface area contributed by atoms with E-state index < -0.39 is 6.09 Å². The summed E-state index contributed by atoms with van der Waals surface area (Å²) in [5.74, 6) is 0.697. The van der Waals surface area contributed by atoms with Gasteiger partial charge in [0.15, 0.2) is 5.78 Å². The van der Waals surface area contributed by atoms with Crippen molar-refractivity contribution in [2.45, 2.75) is 32.8 Å². The van der Waals surface area contributed by atoms with Gasteiger partial charge in [0.25, 0.3) is 5.91 Å². The molecule has 1 amide bonds. The van der Waals surface area contributed by atoms with E-state index in [2.05, 4.69) is 17.2 Å². The number of carbonyl (C=O) groups is 3. The summed E-state index contributed by atoms with van der Waals surface area (Å²) in [6.07, 6.45) is 3.20. The van der Waals surface area contributed by atoms with Crippen LogP contribution in [0.4, 0.5) is 4.79 Å². The van der Waals surface area contributed by atoms with Crippen molar-refractivity contribution in [3.63, 3.8) is 0 Å². The molecule has 0 radical (unpaired) electrons. The van der Waals surface area contributed by atoms with E-state index in [1.54, 1.807) is 25.4 Å². The van der Waals surface area contributed by atoms with Crippen LogP contribution in [0, 0.1) is 11.8 Å². The summed E-state index contributed by atoms with van der Waals surface area (Å²) >= 11 is 0. The maximum Gasteiger partial charge on any atom is 0.418 e. The number of carbonyl (C=O) groups excluding carboxylic acids is 3. The number of benzene rings is 2. The van der Waals surface area contributed by atoms with Crippen molar-refractivity contribution in [2.24, 2.45) is 11.8 Å². The number of nitrogens with one attached hydrogen (secondary N) is 1. The molecule has 2 aromatic carbocycles. The summed E-state index contributed by atoms with van der Waals surface area (Å²) in [4.78, 5) is 42.7. The topological polar surface area (TPSA) is 90.3 Å². The molecule has 0 saturated heterocycles. The van der Waals surface area contributed by atoms with Gasteiger partial charge in [0, 0.05) is 42.7 Å². The van der Waals surface area contributed by atoms with Crippen LogP contribution < -0.4 is 5.32 Å². The summed E-state index contributed by atoms with van der Waals surface area (Å²) in [5, 5.41) is 3.48. The van der Waals surface area contributed by atoms with Crippen LogP contribution in [-0.2, 0) is 17.8 Å². The highest BCUT2D eigenvalue weighted by Gasteiger charge is 2.34. The minimum absolute atomic E-state index is 0.0358. The first-order chi connectivity index (χ1) is 17.9. The number of hydrogen-bond donors (Lipinski definition) is 1. The Morgan fingerprint density at radius 3 is 2.57 bits per heavy atom. The van der Waals surface area contributed by atoms with Crippen molar-refractivity contribution in [1.82, 2.24) is 14.9 Å². The maximum absolute atomic E-state index is 12.9. The summed E-state index contributed by atoms with van der Waals surface area (Å²) < 4.78 is 7.00. The third-order valence-electron chi connectivity index (χ3n) is 6.98. The average molecular weight is 496 g/mol. The fourth-order valence-electron chi connectivity index (χ4n) is 4.65. The van der Waals surface area contributed by atoms with Gasteiger partial charge in [-0.3, -0.25) is 14.2 Å². The Balaban J connectivity index is 1.40. The van der Waals surface area contributed by atoms with Crippen LogP contribution in [0.15, 0.2) is 72.9 Å². The Morgan fingerprint density at radius 2 is 1.84 bits per heavy atom. The monoisotopic (exact) mass is 495 g/mol. The predicted octanol–water partition coefficient (Wildman–Crippen LogP) is 5.40. The van der Waals surface area contributed by atoms with Crippen molar-refractivity contribution in [3.8, 4) is 0 Å². The highest BCUT2D eigenvalue weighted by atomic mass is 16.5. The van der Waals surface area contributed by atoms with Crippen LogP contribution >= 0.6 is 0 Å². The van der Waals surface area contributed by atoms with Crippen molar-refractivity contribution in [2.75, 3.05) is 7.05 Å². The largest absolute Gasteiger partial charge is 0.444 e. The number of amides is 1. The second-order valence-corrected chi connectivity index (χ2v) is 9.66. The van der Waals surface area contributed by atoms with Crippen LogP contribution in [-0.4, -0.2) is 34.4 Å². The lowest BCUT2D eigenvalue weighted by Crippen LogP contribution is -2.20. The first-order valence-electron chi connectivity index (χ1n) is 12.5. The van der Waals surface area contributed by atoms with Gasteiger partial charge < -0.3 is 10.1 Å². The number of ether oxygens (including phenoxy) is 1. The van der Waals surface area contributed by atoms with E-state index in [1.165, 1.54) is 4.57 Å². The zero-order chi connectivity index (χ0) is 25.9. The molecule has 0 aliphatic heterocycles. The molecular formula is C30H29N3O4. The molecule has 0 unspecified atom stereocenters. The third kappa shape index (κ3) is 5.45. The minimum atomic E-state index is -0.460. The molecule has 0 bridgehead atoms. The Morgan fingerprint density at radius 1 is 1.05 bits per heavy atom. The normalized spacial score (nSPS) is 16.4. The number of rotatable bonds is 8. The Labute approximate surface area is 215 Å². The quantitative estimate of drug-likeness (QED) is 0.331. The van der Waals surface area contributed by atoms with E-state index in [0.29, 0.717) is 35.9 Å². The lowest BCUT2D eigenvalue weighted by molar-refractivity contribution is 0.0957. The van der Waals surface area contributed by atoms with E-state index in [0.717, 1.165) is 28.5 Å². The van der Waals surface area contributed by atoms with Gasteiger partial charge in [-0.05, 0) is 53.6 Å². The molecule has 37 heavy (non-hydrogen) atoms. The second kappa shape index (κ2) is 10.4. The SMILES string of the molecule is CNC(=O)c1cc(C(=O)C[C@H]2C[C@@H]2C)cc(Cc2cccc3c2ccn3C(=O)OCc2ccccc2)n1. The van der Waals surface area contributed by atoms with E-state index in [-0.39, 0.29) is 24.0 Å². The summed E-state index contributed by atoms with van der Waals surface area (Å²) in [7, 11) is 1.55. The molecule has 1 fully saturated rings. The number of fused-ring (bicyclic) bond motifs is 1. The standard InChI is InChI=1S/C30H29N3O4/c1-19-13-22(19)17-28(34)23-15-24(32-26(16-23)29(35)31-2)14-21-9-6-10-27-25(21)11-12-33(27)30(36)37-18-20-7-4-3-5-8-20/h3-12,15-16,19,22H,13-14,17-18H2,1-2H3,(H,31,35)/t19-,22+/m0/s1. The van der Waals surface area contributed by atoms with Crippen LogP contribution in [0.2, 0.25) is 0 Å². The van der Waals surface area contributed by atoms with Crippen molar-refractivity contribution in [1.29, 1.82) is 0 Å². The number of Topliss-reactive ketones (excluding diaryl/α,β-unsaturated/α-hetero) is 1. The van der Waals surface area contributed by atoms with E-state index in [1.807, 2.05) is 54.6 Å². The molecule has 1 aliphatic carbocycles. The Hall–Kier alpha value is -4.26. The van der Waals surface area contributed by atoms with Crippen LogP contribution in [0.5, 0.6) is 0 Å². The molecule has 0 spiro atoms. The predicted molar refractivity (Wildman–Crippen MR) is 141 cm³/mol. The number of aromatic nitrogens is 2. The lowest BCUT2D eigenvalue weighted by atomic mass is 10.00. The van der Waals surface area contributed by atoms with Gasteiger partial charge in [-0.15, -0.1) is 0 Å². The molecule has 2 atom stereocenters. The molecule has 188 valence electrons. The van der Waals surface area contributed by atoms with Crippen LogP contribution in [0.25, 0.3) is 10.9 Å². The fourth-order valence-corrected chi connectivity index (χ4v) is 4.65. The van der Waals surface area contributed by atoms with Crippen molar-refractivity contribution >= 4 is 28.7 Å². The van der Waals surface area contributed by atoms with Crippen molar-refractivity contribution in [3.05, 3.63) is 101 Å². The highest BCUT2D eigenvalue weighted by molar-refractivity contribution is 6.00. The van der Waals surface area contributed by atoms with E-state index in [9.17, 15) is 14.4 Å². The third-order valence-corrected chi connectivity index (χ3v) is 6.98. The van der Waals surface area contributed by atoms with Crippen molar-refractivity contribution < 1.29 is 19.1 Å². The van der Waals surface area contributed by atoms with Gasteiger partial charge in [0.2, 0.25) is 0 Å². The summed E-state index contributed by atoms with van der Waals surface area (Å²) in [6.45, 7) is 2.34. The van der Waals surface area contributed by atoms with E-state index >= 15 is 0 Å². The Bertz CT molecular complexity index is 1470. The maximum atomic E-state index is 12.9. The fraction of sp³-hybridized carbons (Fsp3) is 0.267. The second-order valence-electron chi connectivity index (χ2n) is 9.66. The molecule has 5 rings (SSSR count). The minimum Gasteiger partial charge on any atom is -0.444 e. The molecule has 2 heterocycles. The smallest absolute Gasteiger partial charge is 0.418 e. The number of hydrogen-bond acceptors (Lipinski definition) is 5. The average Bonchev–Trinajstić information content (AvgIpc) is 3.42. The molecule has 7 nitrogen and oxygen atoms in total. The van der Waals surface area contributed by atoms with Gasteiger partial charge in [-0.1, -0.05) is 49.4 Å². The molecule has 7 heteroatoms. The zero-order valence-electron chi connectivity index (χ0n) is 20.9. The molecular weight excluding hydrogens is 466 g/mol. The summed E-state index contributed by atoms with van der Waals surface area (Å²) in [6, 6.07) is 20.5. The first-order valence-corrected chi connectivity index (χ1v) is 12.5. The Kier molecular flexibility index (Phi) is 6.86. The zero-order valence-corrected chi connectivity index (χ0v) is 20.9. The number of nitrogens with zero attached hydrogens (tertiary/aromatic N) is 2. The van der Waals surface area contributed by atoms with Gasteiger partial charge in [0.05, 0.1) is 5.52 Å².